The third-order valence-electron chi connectivity index (χ3n) is 1.78. The molecule has 0 nitrogen and oxygen atoms in total. The monoisotopic (exact) mass is 284 g/mol. The fourth-order valence-electron chi connectivity index (χ4n) is 1.17. The summed E-state index contributed by atoms with van der Waals surface area (Å²) in [6, 6.07) is 4.55. The van der Waals surface area contributed by atoms with E-state index in [0.717, 1.165) is 0 Å². The Hall–Kier alpha value is -0.142. The van der Waals surface area contributed by atoms with Gasteiger partial charge in [0.1, 0.15) is 0 Å². The molecule has 0 saturated heterocycles. The Bertz CT molecular complexity index is 322. The first-order valence-corrected chi connectivity index (χ1v) is 6.05. The van der Waals surface area contributed by atoms with Gasteiger partial charge in [-0.3, -0.25) is 0 Å². The van der Waals surface area contributed by atoms with Crippen molar-refractivity contribution in [2.24, 2.45) is 0 Å². The standard InChI is InChI=1S/C9H9AsClF3/c10-5-7-3-8(11)2-1-6(7)4-9(12,13)14/h1-3H,4-5,10H2. The van der Waals surface area contributed by atoms with Crippen molar-refractivity contribution in [2.75, 3.05) is 0 Å². The first kappa shape index (κ1) is 11.9. The summed E-state index contributed by atoms with van der Waals surface area (Å²) in [5, 5.41) is 1.11. The van der Waals surface area contributed by atoms with E-state index >= 15 is 0 Å². The molecule has 5 heteroatoms. The third-order valence-corrected chi connectivity index (χ3v) is 2.94. The van der Waals surface area contributed by atoms with Gasteiger partial charge in [-0.2, -0.15) is 0 Å². The Labute approximate surface area is 93.9 Å². The van der Waals surface area contributed by atoms with Crippen LogP contribution in [-0.2, 0) is 11.6 Å². The van der Waals surface area contributed by atoms with Crippen molar-refractivity contribution in [2.45, 2.75) is 17.8 Å². The van der Waals surface area contributed by atoms with E-state index in [1.54, 1.807) is 6.07 Å². The molecule has 0 aliphatic carbocycles. The number of rotatable bonds is 2. The van der Waals surface area contributed by atoms with Gasteiger partial charge in [0.25, 0.3) is 0 Å². The molecule has 0 spiro atoms. The summed E-state index contributed by atoms with van der Waals surface area (Å²) in [5.41, 5.74) is 1.01. The summed E-state index contributed by atoms with van der Waals surface area (Å²) in [4.78, 5) is 0. The number of hydrogen-bond acceptors (Lipinski definition) is 0. The van der Waals surface area contributed by atoms with Gasteiger partial charge in [0.15, 0.2) is 0 Å². The molecule has 78 valence electrons. The van der Waals surface area contributed by atoms with E-state index in [0.29, 0.717) is 21.4 Å². The molecule has 0 aliphatic rings. The molecule has 0 aromatic heterocycles. The summed E-state index contributed by atoms with van der Waals surface area (Å²) >= 11 is 7.07. The van der Waals surface area contributed by atoms with Gasteiger partial charge in [0.05, 0.1) is 0 Å². The van der Waals surface area contributed by atoms with E-state index in [1.165, 1.54) is 29.0 Å². The van der Waals surface area contributed by atoms with Crippen LogP contribution in [0.25, 0.3) is 0 Å². The fraction of sp³-hybridized carbons (Fsp3) is 0.333. The Kier molecular flexibility index (Phi) is 3.91. The van der Waals surface area contributed by atoms with E-state index in [2.05, 4.69) is 0 Å². The molecule has 0 saturated carbocycles. The van der Waals surface area contributed by atoms with Crippen LogP contribution < -0.4 is 0 Å². The van der Waals surface area contributed by atoms with Crippen LogP contribution in [0, 0.1) is 0 Å². The number of benzene rings is 1. The van der Waals surface area contributed by atoms with Crippen molar-refractivity contribution in [1.82, 2.24) is 0 Å². The molecule has 0 amide bonds. The Morgan fingerprint density at radius 3 is 2.36 bits per heavy atom. The van der Waals surface area contributed by atoms with Gasteiger partial charge in [-0.15, -0.1) is 0 Å². The van der Waals surface area contributed by atoms with E-state index < -0.39 is 12.6 Å². The number of hydrogen-bond donors (Lipinski definition) is 0. The predicted octanol–water partition coefficient (Wildman–Crippen LogP) is 2.58. The molecule has 1 aromatic rings. The van der Waals surface area contributed by atoms with Crippen LogP contribution >= 0.6 is 11.6 Å². The normalized spacial score (nSPS) is 11.8. The number of halogens is 4. The molecule has 1 atom stereocenters. The van der Waals surface area contributed by atoms with E-state index in [-0.39, 0.29) is 0 Å². The summed E-state index contributed by atoms with van der Waals surface area (Å²) in [6.07, 6.45) is -5.02. The molecular formula is C9H9AsClF3. The fourth-order valence-corrected chi connectivity index (χ4v) is 2.16. The summed E-state index contributed by atoms with van der Waals surface area (Å²) in [5.74, 6) is 0. The molecule has 14 heavy (non-hydrogen) atoms. The van der Waals surface area contributed by atoms with Crippen molar-refractivity contribution in [3.05, 3.63) is 34.3 Å². The molecule has 0 radical (unpaired) electrons. The van der Waals surface area contributed by atoms with Crippen LogP contribution in [0.5, 0.6) is 0 Å². The van der Waals surface area contributed by atoms with Crippen LogP contribution in [-0.4, -0.2) is 23.0 Å². The average Bonchev–Trinajstić information content (AvgIpc) is 2.06. The minimum atomic E-state index is -4.15. The predicted molar refractivity (Wildman–Crippen MR) is 53.5 cm³/mol. The Balaban J connectivity index is 2.97. The molecule has 0 aliphatic heterocycles. The molecule has 1 aromatic carbocycles. The first-order chi connectivity index (χ1) is 6.42. The van der Waals surface area contributed by atoms with E-state index in [9.17, 15) is 13.2 Å². The second-order valence-corrected chi connectivity index (χ2v) is 4.20. The average molecular weight is 285 g/mol. The second-order valence-electron chi connectivity index (χ2n) is 2.91. The zero-order valence-corrected chi connectivity index (χ0v) is 10.4. The Morgan fingerprint density at radius 2 is 1.86 bits per heavy atom. The number of alkyl halides is 3. The topological polar surface area (TPSA) is 0 Å². The van der Waals surface area contributed by atoms with E-state index in [1.807, 2.05) is 0 Å². The van der Waals surface area contributed by atoms with Crippen molar-refractivity contribution in [1.29, 1.82) is 0 Å². The Morgan fingerprint density at radius 1 is 1.21 bits per heavy atom. The van der Waals surface area contributed by atoms with Crippen molar-refractivity contribution in [3.8, 4) is 0 Å². The maximum atomic E-state index is 12.1. The zero-order valence-electron chi connectivity index (χ0n) is 7.24. The molecule has 1 unspecified atom stereocenters. The zero-order chi connectivity index (χ0) is 10.8. The first-order valence-electron chi connectivity index (χ1n) is 3.96. The summed E-state index contributed by atoms with van der Waals surface area (Å²) in [6.45, 7) is 0. The molecule has 0 N–H and O–H groups in total. The van der Waals surface area contributed by atoms with Gasteiger partial charge in [-0.1, -0.05) is 0 Å². The van der Waals surface area contributed by atoms with Gasteiger partial charge in [0, 0.05) is 0 Å². The summed E-state index contributed by atoms with van der Waals surface area (Å²) < 4.78 is 36.4. The minimum absolute atomic E-state index is 0.325. The van der Waals surface area contributed by atoms with Crippen LogP contribution in [0.4, 0.5) is 13.2 Å². The SMILES string of the molecule is FC(F)(F)Cc1ccc(Cl)cc1C[AsH2]. The van der Waals surface area contributed by atoms with Crippen molar-refractivity contribution < 1.29 is 13.2 Å². The van der Waals surface area contributed by atoms with Crippen LogP contribution in [0.1, 0.15) is 11.1 Å². The van der Waals surface area contributed by atoms with Gasteiger partial charge in [-0.25, -0.2) is 0 Å². The quantitative estimate of drug-likeness (QED) is 0.732. The van der Waals surface area contributed by atoms with Gasteiger partial charge in [0.2, 0.25) is 0 Å². The summed E-state index contributed by atoms with van der Waals surface area (Å²) in [7, 11) is 0. The van der Waals surface area contributed by atoms with Crippen LogP contribution in [0.2, 0.25) is 5.02 Å². The van der Waals surface area contributed by atoms with E-state index in [4.69, 9.17) is 11.6 Å². The van der Waals surface area contributed by atoms with Crippen molar-refractivity contribution in [3.63, 3.8) is 0 Å². The van der Waals surface area contributed by atoms with Gasteiger partial charge in [-0.05, 0) is 0 Å². The van der Waals surface area contributed by atoms with Crippen LogP contribution in [0.3, 0.4) is 0 Å². The van der Waals surface area contributed by atoms with Gasteiger partial charge < -0.3 is 0 Å². The molecule has 0 fully saturated rings. The second kappa shape index (κ2) is 4.59. The molecular weight excluding hydrogens is 275 g/mol. The van der Waals surface area contributed by atoms with Gasteiger partial charge >= 0.3 is 93.8 Å². The molecule has 0 heterocycles. The third kappa shape index (κ3) is 3.55. The maximum absolute atomic E-state index is 12.1. The van der Waals surface area contributed by atoms with Crippen molar-refractivity contribution >= 4 is 28.5 Å². The van der Waals surface area contributed by atoms with Crippen LogP contribution in [0.15, 0.2) is 18.2 Å². The molecule has 0 bridgehead atoms. The molecule has 1 rings (SSSR count).